The van der Waals surface area contributed by atoms with E-state index in [1.165, 1.54) is 71.5 Å². The number of fused-ring (bicyclic) bond motifs is 10. The molecule has 0 saturated carbocycles. The van der Waals surface area contributed by atoms with Crippen LogP contribution in [-0.2, 0) is 5.41 Å². The summed E-state index contributed by atoms with van der Waals surface area (Å²) >= 11 is 0. The van der Waals surface area contributed by atoms with E-state index in [-0.39, 0.29) is 5.41 Å². The summed E-state index contributed by atoms with van der Waals surface area (Å²) in [6.07, 6.45) is 0. The second-order valence-corrected chi connectivity index (χ2v) is 17.6. The molecule has 0 amide bonds. The van der Waals surface area contributed by atoms with Gasteiger partial charge in [-0.1, -0.05) is 178 Å². The molecule has 65 heavy (non-hydrogen) atoms. The van der Waals surface area contributed by atoms with E-state index in [2.05, 4.69) is 199 Å². The zero-order chi connectivity index (χ0) is 43.2. The molecule has 13 rings (SSSR count). The zero-order valence-corrected chi connectivity index (χ0v) is 35.9. The fourth-order valence-electron chi connectivity index (χ4n) is 10.5. The molecular weight excluding hydrogens is 791 g/mol. The molecule has 3 aromatic heterocycles. The maximum atomic E-state index is 5.14. The Bertz CT molecular complexity index is 3790. The first-order chi connectivity index (χ1) is 32.0. The van der Waals surface area contributed by atoms with E-state index in [4.69, 9.17) is 15.0 Å². The normalized spacial score (nSPS) is 12.9. The molecule has 0 aliphatic heterocycles. The van der Waals surface area contributed by atoms with Crippen molar-refractivity contribution in [2.75, 3.05) is 0 Å². The van der Waals surface area contributed by atoms with Crippen molar-refractivity contribution in [2.45, 2.75) is 19.3 Å². The summed E-state index contributed by atoms with van der Waals surface area (Å²) in [5.74, 6) is 1.91. The molecule has 0 bridgehead atoms. The fraction of sp³-hybridized carbons (Fsp3) is 0.0500. The molecule has 0 N–H and O–H groups in total. The number of hydrogen-bond acceptors (Lipinski definition) is 3. The molecule has 12 aromatic rings. The van der Waals surface area contributed by atoms with Crippen LogP contribution in [0.2, 0.25) is 0 Å². The van der Waals surface area contributed by atoms with E-state index in [9.17, 15) is 0 Å². The van der Waals surface area contributed by atoms with Gasteiger partial charge in [0.25, 0.3) is 0 Å². The molecule has 1 aliphatic carbocycles. The summed E-state index contributed by atoms with van der Waals surface area (Å²) in [6.45, 7) is 4.76. The number of para-hydroxylation sites is 3. The average molecular weight is 832 g/mol. The van der Waals surface area contributed by atoms with E-state index in [1.54, 1.807) is 0 Å². The monoisotopic (exact) mass is 831 g/mol. The molecule has 0 atom stereocenters. The standard InChI is InChI=1S/C60H41N5/c1-60(2)49-30-15-12-28-46(49)55-50(60)37-48(40-33-34-45-44-27-13-16-31-51(44)64(53(45)36-40)42-24-10-5-11-25-42)54-47-29-14-17-32-52(47)65(56(54)55)43-26-18-23-41(35-43)59-62-57(38-19-6-3-7-20-38)61-58(63-59)39-21-8-4-9-22-39/h3-37H,1-2H3. The van der Waals surface area contributed by atoms with Crippen molar-refractivity contribution in [3.8, 4) is 67.8 Å². The van der Waals surface area contributed by atoms with E-state index in [0.29, 0.717) is 17.5 Å². The second kappa shape index (κ2) is 14.3. The summed E-state index contributed by atoms with van der Waals surface area (Å²) in [4.78, 5) is 15.3. The van der Waals surface area contributed by atoms with Crippen LogP contribution < -0.4 is 0 Å². The van der Waals surface area contributed by atoms with Crippen molar-refractivity contribution in [1.82, 2.24) is 24.1 Å². The Labute approximate surface area is 376 Å². The summed E-state index contributed by atoms with van der Waals surface area (Å²) in [5, 5.41) is 4.92. The van der Waals surface area contributed by atoms with Gasteiger partial charge in [-0.25, -0.2) is 15.0 Å². The lowest BCUT2D eigenvalue weighted by Crippen LogP contribution is -2.15. The predicted molar refractivity (Wildman–Crippen MR) is 268 cm³/mol. The lowest BCUT2D eigenvalue weighted by molar-refractivity contribution is 0.661. The van der Waals surface area contributed by atoms with Gasteiger partial charge in [-0.05, 0) is 76.3 Å². The summed E-state index contributed by atoms with van der Waals surface area (Å²) in [6, 6.07) is 76.1. The summed E-state index contributed by atoms with van der Waals surface area (Å²) < 4.78 is 4.91. The number of benzene rings is 9. The van der Waals surface area contributed by atoms with Gasteiger partial charge in [-0.2, -0.15) is 0 Å². The van der Waals surface area contributed by atoms with Crippen LogP contribution in [0.25, 0.3) is 111 Å². The predicted octanol–water partition coefficient (Wildman–Crippen LogP) is 15.0. The lowest BCUT2D eigenvalue weighted by atomic mass is 9.81. The van der Waals surface area contributed by atoms with Gasteiger partial charge >= 0.3 is 0 Å². The van der Waals surface area contributed by atoms with Crippen LogP contribution in [0.3, 0.4) is 0 Å². The Morgan fingerprint density at radius 2 is 0.892 bits per heavy atom. The Kier molecular flexibility index (Phi) is 8.18. The second-order valence-electron chi connectivity index (χ2n) is 17.6. The first kappa shape index (κ1) is 37.2. The summed E-state index contributed by atoms with van der Waals surface area (Å²) in [5.41, 5.74) is 17.1. The molecule has 5 nitrogen and oxygen atoms in total. The molecular formula is C60H41N5. The van der Waals surface area contributed by atoms with Crippen molar-refractivity contribution in [3.05, 3.63) is 223 Å². The lowest BCUT2D eigenvalue weighted by Gasteiger charge is -2.23. The minimum absolute atomic E-state index is 0.242. The minimum atomic E-state index is -0.242. The van der Waals surface area contributed by atoms with Crippen LogP contribution in [-0.4, -0.2) is 24.1 Å². The molecule has 3 heterocycles. The molecule has 0 unspecified atom stereocenters. The topological polar surface area (TPSA) is 48.5 Å². The molecule has 306 valence electrons. The van der Waals surface area contributed by atoms with Gasteiger partial charge in [0.2, 0.25) is 0 Å². The van der Waals surface area contributed by atoms with E-state index in [0.717, 1.165) is 33.6 Å². The van der Waals surface area contributed by atoms with Gasteiger partial charge < -0.3 is 9.13 Å². The fourth-order valence-corrected chi connectivity index (χ4v) is 10.5. The number of rotatable bonds is 6. The van der Waals surface area contributed by atoms with Gasteiger partial charge in [0.15, 0.2) is 17.5 Å². The van der Waals surface area contributed by atoms with Crippen LogP contribution in [0.15, 0.2) is 212 Å². The third-order valence-electron chi connectivity index (χ3n) is 13.5. The van der Waals surface area contributed by atoms with Gasteiger partial charge in [0.05, 0.1) is 22.1 Å². The number of nitrogens with zero attached hydrogens (tertiary/aromatic N) is 5. The van der Waals surface area contributed by atoms with Crippen molar-refractivity contribution in [3.63, 3.8) is 0 Å². The average Bonchev–Trinajstić information content (AvgIpc) is 3.97. The van der Waals surface area contributed by atoms with Crippen molar-refractivity contribution < 1.29 is 0 Å². The smallest absolute Gasteiger partial charge is 0.164 e. The highest BCUT2D eigenvalue weighted by Gasteiger charge is 2.39. The van der Waals surface area contributed by atoms with Crippen molar-refractivity contribution in [1.29, 1.82) is 0 Å². The molecule has 0 spiro atoms. The van der Waals surface area contributed by atoms with Gasteiger partial charge in [-0.3, -0.25) is 0 Å². The molecule has 0 radical (unpaired) electrons. The maximum Gasteiger partial charge on any atom is 0.164 e. The van der Waals surface area contributed by atoms with Crippen molar-refractivity contribution >= 4 is 43.6 Å². The quantitative estimate of drug-likeness (QED) is 0.168. The highest BCUT2D eigenvalue weighted by Crippen LogP contribution is 2.55. The van der Waals surface area contributed by atoms with Crippen molar-refractivity contribution in [2.24, 2.45) is 0 Å². The van der Waals surface area contributed by atoms with E-state index >= 15 is 0 Å². The Balaban J connectivity index is 1.10. The SMILES string of the molecule is CC1(C)c2ccccc2-c2c1cc(-c1ccc3c4ccccc4n(-c4ccccc4)c3c1)c1c3ccccc3n(-c3cccc(-c4nc(-c5ccccc5)nc(-c5ccccc5)n4)c3)c21. The minimum Gasteiger partial charge on any atom is -0.309 e. The van der Waals surface area contributed by atoms with E-state index in [1.807, 2.05) is 36.4 Å². The summed E-state index contributed by atoms with van der Waals surface area (Å²) in [7, 11) is 0. The van der Waals surface area contributed by atoms with E-state index < -0.39 is 0 Å². The van der Waals surface area contributed by atoms with Crippen LogP contribution in [0.1, 0.15) is 25.0 Å². The molecule has 0 saturated heterocycles. The van der Waals surface area contributed by atoms with Crippen LogP contribution in [0, 0.1) is 0 Å². The zero-order valence-electron chi connectivity index (χ0n) is 35.9. The largest absolute Gasteiger partial charge is 0.309 e. The maximum absolute atomic E-state index is 5.14. The number of hydrogen-bond donors (Lipinski definition) is 0. The Morgan fingerprint density at radius 1 is 0.354 bits per heavy atom. The van der Waals surface area contributed by atoms with Crippen LogP contribution >= 0.6 is 0 Å². The Hall–Kier alpha value is -8.41. The first-order valence-corrected chi connectivity index (χ1v) is 22.3. The highest BCUT2D eigenvalue weighted by atomic mass is 15.0. The third kappa shape index (κ3) is 5.68. The number of aromatic nitrogens is 5. The molecule has 0 fully saturated rings. The van der Waals surface area contributed by atoms with Gasteiger partial charge in [-0.15, -0.1) is 0 Å². The third-order valence-corrected chi connectivity index (χ3v) is 13.5. The molecule has 1 aliphatic rings. The first-order valence-electron chi connectivity index (χ1n) is 22.3. The Morgan fingerprint density at radius 3 is 1.60 bits per heavy atom. The van der Waals surface area contributed by atoms with Gasteiger partial charge in [0.1, 0.15) is 0 Å². The van der Waals surface area contributed by atoms with Crippen LogP contribution in [0.4, 0.5) is 0 Å². The van der Waals surface area contributed by atoms with Crippen LogP contribution in [0.5, 0.6) is 0 Å². The molecule has 5 heteroatoms. The highest BCUT2D eigenvalue weighted by molar-refractivity contribution is 6.22. The molecule has 9 aromatic carbocycles. The van der Waals surface area contributed by atoms with Gasteiger partial charge in [0, 0.05) is 60.6 Å².